The molecule has 0 spiro atoms. The predicted octanol–water partition coefficient (Wildman–Crippen LogP) is 1.52. The van der Waals surface area contributed by atoms with E-state index in [0.717, 1.165) is 0 Å². The van der Waals surface area contributed by atoms with Gasteiger partial charge in [-0.15, -0.1) is 5.10 Å². The molecule has 3 aromatic rings. The lowest BCUT2D eigenvalue weighted by Gasteiger charge is -2.14. The molecule has 146 valence electrons. The lowest BCUT2D eigenvalue weighted by Crippen LogP contribution is -2.31. The first-order chi connectivity index (χ1) is 13.4. The zero-order valence-corrected chi connectivity index (χ0v) is 16.3. The van der Waals surface area contributed by atoms with E-state index in [1.165, 1.54) is 12.1 Å². The maximum atomic E-state index is 12.6. The molecule has 1 amide bonds. The van der Waals surface area contributed by atoms with Crippen molar-refractivity contribution >= 4 is 15.7 Å². The summed E-state index contributed by atoms with van der Waals surface area (Å²) in [5.74, 6) is -0.522. The van der Waals surface area contributed by atoms with Crippen molar-refractivity contribution in [2.45, 2.75) is 24.8 Å². The van der Waals surface area contributed by atoms with Crippen LogP contribution in [-0.2, 0) is 9.84 Å². The fourth-order valence-corrected chi connectivity index (χ4v) is 3.64. The standard InChI is InChI=1S/C18H20N6O3S/c1-3-28(26,27)17-7-5-4-6-14(17)18(25)21-10-13(2)24-12-16(22-23-24)15-11-19-8-9-20-15/h4-9,11-13H,3,10H2,1-2H3,(H,21,25). The first kappa shape index (κ1) is 19.6. The molecule has 9 nitrogen and oxygen atoms in total. The second-order valence-electron chi connectivity index (χ2n) is 6.13. The van der Waals surface area contributed by atoms with E-state index >= 15 is 0 Å². The van der Waals surface area contributed by atoms with Gasteiger partial charge in [0.15, 0.2) is 9.84 Å². The van der Waals surface area contributed by atoms with Crippen LogP contribution in [0, 0.1) is 0 Å². The van der Waals surface area contributed by atoms with E-state index in [-0.39, 0.29) is 28.8 Å². The van der Waals surface area contributed by atoms with Crippen LogP contribution in [0.5, 0.6) is 0 Å². The highest BCUT2D eigenvalue weighted by Gasteiger charge is 2.21. The average Bonchev–Trinajstić information content (AvgIpc) is 3.23. The van der Waals surface area contributed by atoms with Gasteiger partial charge in [0, 0.05) is 18.9 Å². The summed E-state index contributed by atoms with van der Waals surface area (Å²) in [5, 5.41) is 10.9. The zero-order chi connectivity index (χ0) is 20.1. The van der Waals surface area contributed by atoms with Gasteiger partial charge in [0.2, 0.25) is 0 Å². The van der Waals surface area contributed by atoms with Gasteiger partial charge in [0.25, 0.3) is 5.91 Å². The number of nitrogens with zero attached hydrogens (tertiary/aromatic N) is 5. The molecule has 3 rings (SSSR count). The Labute approximate surface area is 162 Å². The van der Waals surface area contributed by atoms with Gasteiger partial charge in [-0.05, 0) is 19.1 Å². The summed E-state index contributed by atoms with van der Waals surface area (Å²) in [7, 11) is -3.49. The molecular weight excluding hydrogens is 380 g/mol. The van der Waals surface area contributed by atoms with Gasteiger partial charge < -0.3 is 5.32 Å². The number of hydrogen-bond donors (Lipinski definition) is 1. The van der Waals surface area contributed by atoms with E-state index in [9.17, 15) is 13.2 Å². The van der Waals surface area contributed by atoms with Crippen LogP contribution in [0.3, 0.4) is 0 Å². The third-order valence-electron chi connectivity index (χ3n) is 4.19. The summed E-state index contributed by atoms with van der Waals surface area (Å²) in [6.45, 7) is 3.66. The first-order valence-corrected chi connectivity index (χ1v) is 10.4. The number of aromatic nitrogens is 5. The quantitative estimate of drug-likeness (QED) is 0.638. The smallest absolute Gasteiger partial charge is 0.252 e. The lowest BCUT2D eigenvalue weighted by atomic mass is 10.2. The third-order valence-corrected chi connectivity index (χ3v) is 5.98. The van der Waals surface area contributed by atoms with Gasteiger partial charge in [-0.1, -0.05) is 24.3 Å². The monoisotopic (exact) mass is 400 g/mol. The molecule has 1 atom stereocenters. The van der Waals surface area contributed by atoms with Crippen molar-refractivity contribution < 1.29 is 13.2 Å². The molecule has 1 unspecified atom stereocenters. The van der Waals surface area contributed by atoms with Crippen LogP contribution >= 0.6 is 0 Å². The number of carbonyl (C=O) groups excluding carboxylic acids is 1. The average molecular weight is 400 g/mol. The maximum absolute atomic E-state index is 12.6. The lowest BCUT2D eigenvalue weighted by molar-refractivity contribution is 0.0944. The van der Waals surface area contributed by atoms with Crippen molar-refractivity contribution in [2.24, 2.45) is 0 Å². The van der Waals surface area contributed by atoms with E-state index < -0.39 is 15.7 Å². The number of nitrogens with one attached hydrogen (secondary N) is 1. The Morgan fingerprint density at radius 2 is 2.00 bits per heavy atom. The van der Waals surface area contributed by atoms with Gasteiger partial charge in [-0.3, -0.25) is 14.8 Å². The zero-order valence-electron chi connectivity index (χ0n) is 15.5. The summed E-state index contributed by atoms with van der Waals surface area (Å²) < 4.78 is 26.0. The van der Waals surface area contributed by atoms with Gasteiger partial charge >= 0.3 is 0 Å². The fraction of sp³-hybridized carbons (Fsp3) is 0.278. The number of amides is 1. The first-order valence-electron chi connectivity index (χ1n) is 8.70. The second-order valence-corrected chi connectivity index (χ2v) is 8.38. The molecule has 0 aliphatic rings. The molecule has 28 heavy (non-hydrogen) atoms. The van der Waals surface area contributed by atoms with Crippen molar-refractivity contribution in [2.75, 3.05) is 12.3 Å². The van der Waals surface area contributed by atoms with Crippen molar-refractivity contribution in [1.82, 2.24) is 30.3 Å². The van der Waals surface area contributed by atoms with E-state index in [1.54, 1.807) is 48.5 Å². The van der Waals surface area contributed by atoms with Crippen LogP contribution in [0.2, 0.25) is 0 Å². The van der Waals surface area contributed by atoms with Crippen LogP contribution in [-0.4, -0.2) is 51.6 Å². The van der Waals surface area contributed by atoms with Crippen molar-refractivity contribution in [3.63, 3.8) is 0 Å². The minimum atomic E-state index is -3.49. The van der Waals surface area contributed by atoms with E-state index in [4.69, 9.17) is 0 Å². The highest BCUT2D eigenvalue weighted by atomic mass is 32.2. The molecule has 0 aliphatic carbocycles. The van der Waals surface area contributed by atoms with Crippen LogP contribution in [0.15, 0.2) is 53.9 Å². The number of benzene rings is 1. The number of rotatable bonds is 7. The maximum Gasteiger partial charge on any atom is 0.252 e. The Morgan fingerprint density at radius 3 is 2.71 bits per heavy atom. The summed E-state index contributed by atoms with van der Waals surface area (Å²) in [5.41, 5.74) is 1.31. The molecule has 0 fully saturated rings. The molecular formula is C18H20N6O3S. The molecule has 1 aromatic carbocycles. The van der Waals surface area contributed by atoms with E-state index in [0.29, 0.717) is 11.4 Å². The summed E-state index contributed by atoms with van der Waals surface area (Å²) in [4.78, 5) is 20.8. The largest absolute Gasteiger partial charge is 0.350 e. The van der Waals surface area contributed by atoms with Gasteiger partial charge in [-0.25, -0.2) is 13.1 Å². The molecule has 1 N–H and O–H groups in total. The van der Waals surface area contributed by atoms with Gasteiger partial charge in [0.05, 0.1) is 34.6 Å². The number of carbonyl (C=O) groups is 1. The van der Waals surface area contributed by atoms with Crippen molar-refractivity contribution in [1.29, 1.82) is 0 Å². The Balaban J connectivity index is 1.70. The summed E-state index contributed by atoms with van der Waals surface area (Å²) in [6.07, 6.45) is 6.45. The summed E-state index contributed by atoms with van der Waals surface area (Å²) >= 11 is 0. The fourth-order valence-electron chi connectivity index (χ4n) is 2.55. The van der Waals surface area contributed by atoms with Crippen LogP contribution in [0.25, 0.3) is 11.4 Å². The van der Waals surface area contributed by atoms with E-state index in [1.807, 2.05) is 6.92 Å². The predicted molar refractivity (Wildman–Crippen MR) is 102 cm³/mol. The highest BCUT2D eigenvalue weighted by molar-refractivity contribution is 7.91. The van der Waals surface area contributed by atoms with Crippen LogP contribution < -0.4 is 5.32 Å². The minimum absolute atomic E-state index is 0.0355. The Hall–Kier alpha value is -3.14. The summed E-state index contributed by atoms with van der Waals surface area (Å²) in [6, 6.07) is 5.99. The highest BCUT2D eigenvalue weighted by Crippen LogP contribution is 2.17. The Morgan fingerprint density at radius 1 is 1.21 bits per heavy atom. The SMILES string of the molecule is CCS(=O)(=O)c1ccccc1C(=O)NCC(C)n1cc(-c2cnccn2)nn1. The van der Waals surface area contributed by atoms with Crippen molar-refractivity contribution in [3.8, 4) is 11.4 Å². The topological polar surface area (TPSA) is 120 Å². The van der Waals surface area contributed by atoms with Crippen LogP contribution in [0.1, 0.15) is 30.2 Å². The third kappa shape index (κ3) is 4.22. The van der Waals surface area contributed by atoms with Crippen LogP contribution in [0.4, 0.5) is 0 Å². The van der Waals surface area contributed by atoms with E-state index in [2.05, 4.69) is 25.6 Å². The molecule has 2 heterocycles. The Kier molecular flexibility index (Phi) is 5.78. The molecule has 0 radical (unpaired) electrons. The normalized spacial score (nSPS) is 12.5. The molecule has 0 aliphatic heterocycles. The van der Waals surface area contributed by atoms with Crippen molar-refractivity contribution in [3.05, 3.63) is 54.6 Å². The molecule has 10 heteroatoms. The molecule has 0 saturated heterocycles. The second kappa shape index (κ2) is 8.26. The minimum Gasteiger partial charge on any atom is -0.350 e. The molecule has 2 aromatic heterocycles. The van der Waals surface area contributed by atoms with Gasteiger partial charge in [0.1, 0.15) is 11.4 Å². The number of hydrogen-bond acceptors (Lipinski definition) is 7. The Bertz CT molecular complexity index is 1070. The molecule has 0 bridgehead atoms. The molecule has 0 saturated carbocycles. The number of sulfone groups is 1. The van der Waals surface area contributed by atoms with Gasteiger partial charge in [-0.2, -0.15) is 0 Å².